The maximum atomic E-state index is 12.3. The van der Waals surface area contributed by atoms with Crippen molar-refractivity contribution in [3.05, 3.63) is 57.0 Å². The third-order valence-corrected chi connectivity index (χ3v) is 5.08. The van der Waals surface area contributed by atoms with Crippen LogP contribution in [-0.4, -0.2) is 13.5 Å². The SMILES string of the molecule is O=S(=O)(Nc1ccc(Br)cc1Br)c1cccc(CO)c1. The number of benzene rings is 2. The first-order valence-electron chi connectivity index (χ1n) is 5.60. The Labute approximate surface area is 134 Å². The topological polar surface area (TPSA) is 66.4 Å². The minimum atomic E-state index is -3.69. The molecule has 2 aromatic rings. The molecular weight excluding hydrogens is 410 g/mol. The van der Waals surface area contributed by atoms with Crippen molar-refractivity contribution in [2.75, 3.05) is 4.72 Å². The number of aliphatic hydroxyl groups excluding tert-OH is 1. The molecule has 0 heterocycles. The first kappa shape index (κ1) is 15.5. The van der Waals surface area contributed by atoms with E-state index >= 15 is 0 Å². The quantitative estimate of drug-likeness (QED) is 0.795. The number of rotatable bonds is 4. The summed E-state index contributed by atoms with van der Waals surface area (Å²) >= 11 is 6.61. The van der Waals surface area contributed by atoms with Crippen LogP contribution in [0.3, 0.4) is 0 Å². The van der Waals surface area contributed by atoms with Crippen molar-refractivity contribution in [3.8, 4) is 0 Å². The van der Waals surface area contributed by atoms with Crippen molar-refractivity contribution in [3.63, 3.8) is 0 Å². The molecule has 2 N–H and O–H groups in total. The Bertz CT molecular complexity index is 732. The normalized spacial score (nSPS) is 11.3. The van der Waals surface area contributed by atoms with Gasteiger partial charge < -0.3 is 5.11 Å². The summed E-state index contributed by atoms with van der Waals surface area (Å²) in [6, 6.07) is 11.3. The summed E-state index contributed by atoms with van der Waals surface area (Å²) in [5.74, 6) is 0. The van der Waals surface area contributed by atoms with Crippen LogP contribution in [0.25, 0.3) is 0 Å². The molecule has 0 radical (unpaired) electrons. The average Bonchev–Trinajstić information content (AvgIpc) is 2.42. The summed E-state index contributed by atoms with van der Waals surface area (Å²) in [5.41, 5.74) is 0.991. The predicted molar refractivity (Wildman–Crippen MR) is 85.0 cm³/mol. The van der Waals surface area contributed by atoms with Gasteiger partial charge in [0, 0.05) is 8.95 Å². The van der Waals surface area contributed by atoms with Gasteiger partial charge in [-0.3, -0.25) is 4.72 Å². The molecule has 106 valence electrons. The molecule has 0 aliphatic heterocycles. The zero-order valence-electron chi connectivity index (χ0n) is 10.2. The number of aliphatic hydroxyl groups is 1. The Morgan fingerprint density at radius 1 is 1.10 bits per heavy atom. The molecule has 4 nitrogen and oxygen atoms in total. The summed E-state index contributed by atoms with van der Waals surface area (Å²) in [7, 11) is -3.69. The van der Waals surface area contributed by atoms with Crippen molar-refractivity contribution in [1.82, 2.24) is 0 Å². The molecule has 0 saturated carbocycles. The highest BCUT2D eigenvalue weighted by Gasteiger charge is 2.16. The van der Waals surface area contributed by atoms with Crippen LogP contribution in [0.2, 0.25) is 0 Å². The number of halogens is 2. The minimum Gasteiger partial charge on any atom is -0.392 e. The molecule has 2 rings (SSSR count). The van der Waals surface area contributed by atoms with Crippen molar-refractivity contribution >= 4 is 47.6 Å². The van der Waals surface area contributed by atoms with E-state index in [1.54, 1.807) is 30.3 Å². The number of hydrogen-bond donors (Lipinski definition) is 2. The molecule has 0 aliphatic rings. The zero-order chi connectivity index (χ0) is 14.8. The number of anilines is 1. The molecule has 0 aliphatic carbocycles. The highest BCUT2D eigenvalue weighted by atomic mass is 79.9. The van der Waals surface area contributed by atoms with Gasteiger partial charge in [0.1, 0.15) is 0 Å². The second-order valence-corrected chi connectivity index (χ2v) is 7.49. The molecule has 0 aromatic heterocycles. The Balaban J connectivity index is 2.35. The van der Waals surface area contributed by atoms with Gasteiger partial charge in [-0.1, -0.05) is 28.1 Å². The third-order valence-electron chi connectivity index (χ3n) is 2.57. The lowest BCUT2D eigenvalue weighted by atomic mass is 10.2. The summed E-state index contributed by atoms with van der Waals surface area (Å²) in [6.07, 6.45) is 0. The molecule has 7 heteroatoms. The molecular formula is C13H11Br2NO3S. The lowest BCUT2D eigenvalue weighted by Gasteiger charge is -2.10. The van der Waals surface area contributed by atoms with Crippen LogP contribution in [0.4, 0.5) is 5.69 Å². The Morgan fingerprint density at radius 2 is 1.85 bits per heavy atom. The zero-order valence-corrected chi connectivity index (χ0v) is 14.2. The molecule has 2 aromatic carbocycles. The third kappa shape index (κ3) is 3.60. The summed E-state index contributed by atoms with van der Waals surface area (Å²) in [6.45, 7) is -0.203. The fraction of sp³-hybridized carbons (Fsp3) is 0.0769. The van der Waals surface area contributed by atoms with Gasteiger partial charge in [0.15, 0.2) is 0 Å². The monoisotopic (exact) mass is 419 g/mol. The van der Waals surface area contributed by atoms with E-state index in [1.165, 1.54) is 12.1 Å². The van der Waals surface area contributed by atoms with E-state index in [9.17, 15) is 8.42 Å². The summed E-state index contributed by atoms with van der Waals surface area (Å²) in [4.78, 5) is 0.110. The van der Waals surface area contributed by atoms with E-state index in [0.717, 1.165) is 4.47 Å². The Kier molecular flexibility index (Phi) is 4.85. The van der Waals surface area contributed by atoms with Crippen LogP contribution in [-0.2, 0) is 16.6 Å². The van der Waals surface area contributed by atoms with Gasteiger partial charge in [0.25, 0.3) is 10.0 Å². The average molecular weight is 421 g/mol. The van der Waals surface area contributed by atoms with Crippen LogP contribution in [0.1, 0.15) is 5.56 Å². The largest absolute Gasteiger partial charge is 0.392 e. The van der Waals surface area contributed by atoms with Crippen molar-refractivity contribution < 1.29 is 13.5 Å². The molecule has 20 heavy (non-hydrogen) atoms. The second-order valence-electron chi connectivity index (χ2n) is 4.04. The highest BCUT2D eigenvalue weighted by Crippen LogP contribution is 2.28. The predicted octanol–water partition coefficient (Wildman–Crippen LogP) is 3.50. The van der Waals surface area contributed by atoms with E-state index in [2.05, 4.69) is 36.6 Å². The van der Waals surface area contributed by atoms with Gasteiger partial charge in [0.05, 0.1) is 17.2 Å². The Morgan fingerprint density at radius 3 is 2.50 bits per heavy atom. The van der Waals surface area contributed by atoms with Gasteiger partial charge >= 0.3 is 0 Å². The molecule has 0 atom stereocenters. The van der Waals surface area contributed by atoms with E-state index in [1.807, 2.05) is 0 Å². The molecule has 0 saturated heterocycles. The molecule has 0 unspecified atom stereocenters. The number of sulfonamides is 1. The fourth-order valence-corrected chi connectivity index (χ4v) is 4.01. The maximum Gasteiger partial charge on any atom is 0.261 e. The fourth-order valence-electron chi connectivity index (χ4n) is 1.59. The van der Waals surface area contributed by atoms with Gasteiger partial charge in [0.2, 0.25) is 0 Å². The van der Waals surface area contributed by atoms with Crippen LogP contribution in [0, 0.1) is 0 Å². The number of nitrogens with one attached hydrogen (secondary N) is 1. The van der Waals surface area contributed by atoms with Crippen LogP contribution in [0.5, 0.6) is 0 Å². The van der Waals surface area contributed by atoms with Crippen LogP contribution < -0.4 is 4.72 Å². The van der Waals surface area contributed by atoms with Crippen LogP contribution >= 0.6 is 31.9 Å². The van der Waals surface area contributed by atoms with E-state index in [0.29, 0.717) is 15.7 Å². The minimum absolute atomic E-state index is 0.110. The van der Waals surface area contributed by atoms with Crippen molar-refractivity contribution in [2.45, 2.75) is 11.5 Å². The molecule has 0 fully saturated rings. The molecule has 0 amide bonds. The van der Waals surface area contributed by atoms with Gasteiger partial charge in [-0.25, -0.2) is 8.42 Å². The van der Waals surface area contributed by atoms with Gasteiger partial charge in [-0.15, -0.1) is 0 Å². The lowest BCUT2D eigenvalue weighted by molar-refractivity contribution is 0.281. The second kappa shape index (κ2) is 6.26. The van der Waals surface area contributed by atoms with Gasteiger partial charge in [-0.05, 0) is 51.8 Å². The first-order valence-corrected chi connectivity index (χ1v) is 8.67. The molecule has 0 bridgehead atoms. The van der Waals surface area contributed by atoms with Gasteiger partial charge in [-0.2, -0.15) is 0 Å². The van der Waals surface area contributed by atoms with Crippen molar-refractivity contribution in [1.29, 1.82) is 0 Å². The highest BCUT2D eigenvalue weighted by molar-refractivity contribution is 9.11. The maximum absolute atomic E-state index is 12.3. The van der Waals surface area contributed by atoms with Crippen LogP contribution in [0.15, 0.2) is 56.3 Å². The Hall–Kier alpha value is -0.890. The smallest absolute Gasteiger partial charge is 0.261 e. The summed E-state index contributed by atoms with van der Waals surface area (Å²) in [5, 5.41) is 9.06. The first-order chi connectivity index (χ1) is 9.42. The molecule has 0 spiro atoms. The standard InChI is InChI=1S/C13H11Br2NO3S/c14-10-4-5-13(12(15)7-10)16-20(18,19)11-3-1-2-9(6-11)8-17/h1-7,16-17H,8H2. The van der Waals surface area contributed by atoms with E-state index < -0.39 is 10.0 Å². The number of hydrogen-bond acceptors (Lipinski definition) is 3. The van der Waals surface area contributed by atoms with E-state index in [4.69, 9.17) is 5.11 Å². The van der Waals surface area contributed by atoms with Crippen molar-refractivity contribution in [2.24, 2.45) is 0 Å². The summed E-state index contributed by atoms with van der Waals surface area (Å²) < 4.78 is 28.5. The van der Waals surface area contributed by atoms with E-state index in [-0.39, 0.29) is 11.5 Å². The lowest BCUT2D eigenvalue weighted by Crippen LogP contribution is -2.13.